The molecular formula is C30H22F4N2O5S. The molecule has 0 bridgehead atoms. The van der Waals surface area contributed by atoms with Gasteiger partial charge in [0.05, 0.1) is 21.7 Å². The second kappa shape index (κ2) is 10.9. The fourth-order valence-corrected chi connectivity index (χ4v) is 6.42. The first-order valence-electron chi connectivity index (χ1n) is 12.6. The SMILES string of the molecule is O=C(O)c1ccc(CNC(=O)[C@@H]2Cc3ccccc3N2S(=O)(=O)c2ccc(-c3cc(C(F)(F)F)ccc3F)cc2)cc1. The van der Waals surface area contributed by atoms with Crippen molar-refractivity contribution in [3.05, 3.63) is 119 Å². The van der Waals surface area contributed by atoms with E-state index in [0.717, 1.165) is 16.4 Å². The molecule has 0 fully saturated rings. The van der Waals surface area contributed by atoms with Crippen LogP contribution in [0.15, 0.2) is 95.9 Å². The number of anilines is 1. The van der Waals surface area contributed by atoms with E-state index in [1.165, 1.54) is 36.4 Å². The highest BCUT2D eigenvalue weighted by atomic mass is 32.2. The van der Waals surface area contributed by atoms with Crippen molar-refractivity contribution in [2.45, 2.75) is 30.1 Å². The van der Waals surface area contributed by atoms with Gasteiger partial charge in [-0.25, -0.2) is 17.6 Å². The third kappa shape index (κ3) is 5.57. The standard InChI is InChI=1S/C30H22F4N2O5S/c31-25-14-11-22(30(32,33)34)16-24(25)19-9-12-23(13-10-19)42(40,41)36-26-4-2-1-3-21(26)15-27(36)28(37)35-17-18-5-7-20(8-6-18)29(38)39/h1-14,16,27H,15,17H2,(H,35,37)(H,38,39)/t27-/m0/s1. The Morgan fingerprint density at radius 1 is 0.929 bits per heavy atom. The van der Waals surface area contributed by atoms with Gasteiger partial charge < -0.3 is 10.4 Å². The number of alkyl halides is 3. The Kier molecular flexibility index (Phi) is 7.50. The first-order chi connectivity index (χ1) is 19.9. The molecule has 4 aromatic carbocycles. The maximum Gasteiger partial charge on any atom is 0.416 e. The van der Waals surface area contributed by atoms with Gasteiger partial charge in [-0.2, -0.15) is 13.2 Å². The number of carbonyl (C=O) groups is 2. The predicted octanol–water partition coefficient (Wildman–Crippen LogP) is 5.65. The zero-order valence-corrected chi connectivity index (χ0v) is 22.4. The first-order valence-corrected chi connectivity index (χ1v) is 14.0. The molecule has 0 spiro atoms. The number of nitrogens with one attached hydrogen (secondary N) is 1. The lowest BCUT2D eigenvalue weighted by atomic mass is 10.0. The average molecular weight is 599 g/mol. The summed E-state index contributed by atoms with van der Waals surface area (Å²) in [5.41, 5.74) is 0.268. The van der Waals surface area contributed by atoms with Crippen molar-refractivity contribution in [2.75, 3.05) is 4.31 Å². The zero-order chi connectivity index (χ0) is 30.2. The normalized spacial score (nSPS) is 14.9. The fraction of sp³-hybridized carbons (Fsp3) is 0.133. The van der Waals surface area contributed by atoms with Crippen molar-refractivity contribution in [2.24, 2.45) is 0 Å². The van der Waals surface area contributed by atoms with Crippen LogP contribution in [-0.2, 0) is 34.0 Å². The molecule has 0 unspecified atom stereocenters. The number of fused-ring (bicyclic) bond motifs is 1. The van der Waals surface area contributed by atoms with Gasteiger partial charge in [-0.05, 0) is 65.2 Å². The van der Waals surface area contributed by atoms with E-state index >= 15 is 0 Å². The number of carboxylic acids is 1. The summed E-state index contributed by atoms with van der Waals surface area (Å²) < 4.78 is 82.6. The molecule has 0 aliphatic carbocycles. The Balaban J connectivity index is 1.42. The number of benzene rings is 4. The molecule has 42 heavy (non-hydrogen) atoms. The van der Waals surface area contributed by atoms with Crippen LogP contribution in [0.5, 0.6) is 0 Å². The Morgan fingerprint density at radius 2 is 1.60 bits per heavy atom. The molecule has 0 saturated heterocycles. The molecule has 0 aromatic heterocycles. The van der Waals surface area contributed by atoms with Gasteiger partial charge in [-0.1, -0.05) is 42.5 Å². The predicted molar refractivity (Wildman–Crippen MR) is 146 cm³/mol. The van der Waals surface area contributed by atoms with Gasteiger partial charge in [-0.3, -0.25) is 9.10 Å². The van der Waals surface area contributed by atoms with Crippen LogP contribution >= 0.6 is 0 Å². The summed E-state index contributed by atoms with van der Waals surface area (Å²) in [6.45, 7) is 0.0245. The van der Waals surface area contributed by atoms with E-state index in [1.54, 1.807) is 24.3 Å². The van der Waals surface area contributed by atoms with Crippen LogP contribution in [0.4, 0.5) is 23.2 Å². The third-order valence-corrected chi connectivity index (χ3v) is 8.75. The summed E-state index contributed by atoms with van der Waals surface area (Å²) in [5.74, 6) is -2.58. The number of para-hydroxylation sites is 1. The van der Waals surface area contributed by atoms with Crippen molar-refractivity contribution >= 4 is 27.6 Å². The largest absolute Gasteiger partial charge is 0.478 e. The van der Waals surface area contributed by atoms with Crippen LogP contribution in [0.25, 0.3) is 11.1 Å². The molecule has 0 radical (unpaired) electrons. The number of aromatic carboxylic acids is 1. The Morgan fingerprint density at radius 3 is 2.24 bits per heavy atom. The van der Waals surface area contributed by atoms with Crippen LogP contribution in [0.3, 0.4) is 0 Å². The number of nitrogens with zero attached hydrogens (tertiary/aromatic N) is 1. The number of carbonyl (C=O) groups excluding carboxylic acids is 1. The summed E-state index contributed by atoms with van der Waals surface area (Å²) in [5, 5.41) is 11.8. The van der Waals surface area contributed by atoms with E-state index in [0.29, 0.717) is 35.0 Å². The minimum absolute atomic E-state index is 0.0245. The molecule has 216 valence electrons. The van der Waals surface area contributed by atoms with E-state index in [1.807, 2.05) is 0 Å². The molecule has 1 aliphatic rings. The maximum absolute atomic E-state index is 14.4. The maximum atomic E-state index is 14.4. The van der Waals surface area contributed by atoms with E-state index in [4.69, 9.17) is 5.11 Å². The molecule has 5 rings (SSSR count). The van der Waals surface area contributed by atoms with E-state index in [9.17, 15) is 35.6 Å². The van der Waals surface area contributed by atoms with Crippen molar-refractivity contribution in [3.63, 3.8) is 0 Å². The lowest BCUT2D eigenvalue weighted by Gasteiger charge is -2.26. The Hall–Kier alpha value is -4.71. The summed E-state index contributed by atoms with van der Waals surface area (Å²) in [4.78, 5) is 24.1. The lowest BCUT2D eigenvalue weighted by molar-refractivity contribution is -0.137. The minimum Gasteiger partial charge on any atom is -0.478 e. The number of carboxylic acid groups (broad SMARTS) is 1. The highest BCUT2D eigenvalue weighted by Gasteiger charge is 2.42. The summed E-state index contributed by atoms with van der Waals surface area (Å²) in [7, 11) is -4.35. The van der Waals surface area contributed by atoms with Crippen molar-refractivity contribution < 1.29 is 40.7 Å². The number of rotatable bonds is 7. The zero-order valence-electron chi connectivity index (χ0n) is 21.6. The van der Waals surface area contributed by atoms with Crippen LogP contribution in [0.2, 0.25) is 0 Å². The average Bonchev–Trinajstić information content (AvgIpc) is 3.36. The van der Waals surface area contributed by atoms with E-state index in [2.05, 4.69) is 5.32 Å². The number of hydrogen-bond donors (Lipinski definition) is 2. The number of hydrogen-bond acceptors (Lipinski definition) is 4. The van der Waals surface area contributed by atoms with Gasteiger partial charge in [0.1, 0.15) is 11.9 Å². The number of amides is 1. The molecule has 0 saturated carbocycles. The quantitative estimate of drug-likeness (QED) is 0.268. The first kappa shape index (κ1) is 28.8. The molecular weight excluding hydrogens is 576 g/mol. The smallest absolute Gasteiger partial charge is 0.416 e. The van der Waals surface area contributed by atoms with Gasteiger partial charge in [0, 0.05) is 18.5 Å². The van der Waals surface area contributed by atoms with Gasteiger partial charge in [0.2, 0.25) is 5.91 Å². The Labute approximate surface area is 238 Å². The van der Waals surface area contributed by atoms with Crippen molar-refractivity contribution in [1.29, 1.82) is 0 Å². The number of halogens is 4. The molecule has 1 amide bonds. The minimum atomic E-state index is -4.69. The van der Waals surface area contributed by atoms with Gasteiger partial charge in [0.15, 0.2) is 0 Å². The fourth-order valence-electron chi connectivity index (χ4n) is 4.77. The van der Waals surface area contributed by atoms with Crippen molar-refractivity contribution in [3.8, 4) is 11.1 Å². The highest BCUT2D eigenvalue weighted by molar-refractivity contribution is 7.93. The van der Waals surface area contributed by atoms with Gasteiger partial charge in [0.25, 0.3) is 10.0 Å². The molecule has 4 aromatic rings. The van der Waals surface area contributed by atoms with Crippen molar-refractivity contribution in [1.82, 2.24) is 5.32 Å². The second-order valence-electron chi connectivity index (χ2n) is 9.59. The van der Waals surface area contributed by atoms with Crippen LogP contribution in [0, 0.1) is 5.82 Å². The Bertz CT molecular complexity index is 1770. The second-order valence-corrected chi connectivity index (χ2v) is 11.4. The molecule has 1 atom stereocenters. The third-order valence-electron chi connectivity index (χ3n) is 6.91. The van der Waals surface area contributed by atoms with Crippen LogP contribution in [0.1, 0.15) is 27.0 Å². The molecule has 7 nitrogen and oxygen atoms in total. The molecule has 12 heteroatoms. The molecule has 1 heterocycles. The summed E-state index contributed by atoms with van der Waals surface area (Å²) in [6.07, 6.45) is -4.60. The molecule has 2 N–H and O–H groups in total. The topological polar surface area (TPSA) is 104 Å². The van der Waals surface area contributed by atoms with Gasteiger partial charge in [-0.15, -0.1) is 0 Å². The van der Waals surface area contributed by atoms with E-state index < -0.39 is 45.5 Å². The highest BCUT2D eigenvalue weighted by Crippen LogP contribution is 2.38. The lowest BCUT2D eigenvalue weighted by Crippen LogP contribution is -2.47. The number of sulfonamides is 1. The summed E-state index contributed by atoms with van der Waals surface area (Å²) >= 11 is 0. The van der Waals surface area contributed by atoms with Gasteiger partial charge >= 0.3 is 12.1 Å². The van der Waals surface area contributed by atoms with Crippen LogP contribution < -0.4 is 9.62 Å². The monoisotopic (exact) mass is 598 g/mol. The van der Waals surface area contributed by atoms with Crippen LogP contribution in [-0.4, -0.2) is 31.4 Å². The molecule has 1 aliphatic heterocycles. The van der Waals surface area contributed by atoms with E-state index in [-0.39, 0.29) is 34.6 Å². The summed E-state index contributed by atoms with van der Waals surface area (Å²) in [6, 6.07) is 18.0.